The SMILES string of the molecule is C=C1/C(=C\C=C/C)C(C)CC2(N)CC(C)CC1C2. The molecule has 4 unspecified atom stereocenters. The van der Waals surface area contributed by atoms with E-state index in [4.69, 9.17) is 5.73 Å². The first-order valence-electron chi connectivity index (χ1n) is 7.26. The predicted molar refractivity (Wildman–Crippen MR) is 79.2 cm³/mol. The Morgan fingerprint density at radius 1 is 1.28 bits per heavy atom. The average molecular weight is 245 g/mol. The third-order valence-electron chi connectivity index (χ3n) is 4.67. The van der Waals surface area contributed by atoms with E-state index in [2.05, 4.69) is 45.6 Å². The zero-order chi connectivity index (χ0) is 13.3. The fourth-order valence-electron chi connectivity index (χ4n) is 4.10. The van der Waals surface area contributed by atoms with Crippen molar-refractivity contribution < 1.29 is 0 Å². The second-order valence-electron chi connectivity index (χ2n) is 6.59. The largest absolute Gasteiger partial charge is 0.325 e. The molecule has 2 bridgehead atoms. The summed E-state index contributed by atoms with van der Waals surface area (Å²) >= 11 is 0. The van der Waals surface area contributed by atoms with E-state index in [1.165, 1.54) is 24.0 Å². The van der Waals surface area contributed by atoms with Crippen molar-refractivity contribution in [3.8, 4) is 0 Å². The van der Waals surface area contributed by atoms with Crippen LogP contribution in [0.2, 0.25) is 0 Å². The summed E-state index contributed by atoms with van der Waals surface area (Å²) < 4.78 is 0. The van der Waals surface area contributed by atoms with Crippen molar-refractivity contribution in [2.24, 2.45) is 23.5 Å². The van der Waals surface area contributed by atoms with Crippen LogP contribution >= 0.6 is 0 Å². The minimum Gasteiger partial charge on any atom is -0.325 e. The lowest BCUT2D eigenvalue weighted by atomic mass is 9.70. The molecular weight excluding hydrogens is 218 g/mol. The summed E-state index contributed by atoms with van der Waals surface area (Å²) in [5.41, 5.74) is 9.46. The molecule has 1 nitrogen and oxygen atoms in total. The van der Waals surface area contributed by atoms with E-state index in [1.807, 2.05) is 0 Å². The van der Waals surface area contributed by atoms with E-state index in [0.29, 0.717) is 11.8 Å². The predicted octanol–water partition coefficient (Wildman–Crippen LogP) is 4.22. The van der Waals surface area contributed by atoms with Crippen molar-refractivity contribution in [3.63, 3.8) is 0 Å². The van der Waals surface area contributed by atoms with Crippen molar-refractivity contribution in [3.05, 3.63) is 36.0 Å². The Balaban J connectivity index is 2.35. The van der Waals surface area contributed by atoms with Gasteiger partial charge < -0.3 is 5.73 Å². The second-order valence-corrected chi connectivity index (χ2v) is 6.59. The molecule has 0 saturated heterocycles. The molecule has 2 fully saturated rings. The van der Waals surface area contributed by atoms with Gasteiger partial charge in [0, 0.05) is 5.54 Å². The summed E-state index contributed by atoms with van der Waals surface area (Å²) in [7, 11) is 0. The van der Waals surface area contributed by atoms with Gasteiger partial charge in [0.05, 0.1) is 0 Å². The Labute approximate surface area is 112 Å². The van der Waals surface area contributed by atoms with Crippen LogP contribution in [-0.4, -0.2) is 5.54 Å². The fourth-order valence-corrected chi connectivity index (χ4v) is 4.10. The molecule has 0 aromatic carbocycles. The van der Waals surface area contributed by atoms with Crippen molar-refractivity contribution in [2.75, 3.05) is 0 Å². The Morgan fingerprint density at radius 2 is 2.00 bits per heavy atom. The molecular formula is C17H27N. The first kappa shape index (κ1) is 13.6. The van der Waals surface area contributed by atoms with Gasteiger partial charge in [-0.1, -0.05) is 38.7 Å². The lowest BCUT2D eigenvalue weighted by Gasteiger charge is -2.40. The maximum absolute atomic E-state index is 6.65. The van der Waals surface area contributed by atoms with Crippen LogP contribution in [0.1, 0.15) is 46.5 Å². The number of allylic oxidation sites excluding steroid dienone is 5. The summed E-state index contributed by atoms with van der Waals surface area (Å²) in [6, 6.07) is 0. The molecule has 100 valence electrons. The third-order valence-corrected chi connectivity index (χ3v) is 4.67. The van der Waals surface area contributed by atoms with Crippen LogP contribution in [0, 0.1) is 17.8 Å². The van der Waals surface area contributed by atoms with Crippen LogP contribution in [0.3, 0.4) is 0 Å². The number of hydrogen-bond acceptors (Lipinski definition) is 1. The molecule has 0 amide bonds. The third kappa shape index (κ3) is 2.61. The van der Waals surface area contributed by atoms with Gasteiger partial charge in [-0.3, -0.25) is 0 Å². The fraction of sp³-hybridized carbons (Fsp3) is 0.647. The van der Waals surface area contributed by atoms with E-state index in [1.54, 1.807) is 0 Å². The van der Waals surface area contributed by atoms with Crippen LogP contribution in [0.4, 0.5) is 0 Å². The van der Waals surface area contributed by atoms with Gasteiger partial charge >= 0.3 is 0 Å². The zero-order valence-electron chi connectivity index (χ0n) is 12.1. The molecule has 2 rings (SSSR count). The molecule has 0 heterocycles. The highest BCUT2D eigenvalue weighted by molar-refractivity contribution is 5.38. The monoisotopic (exact) mass is 245 g/mol. The molecule has 4 atom stereocenters. The van der Waals surface area contributed by atoms with Gasteiger partial charge in [-0.2, -0.15) is 0 Å². The second kappa shape index (κ2) is 5.05. The van der Waals surface area contributed by atoms with Crippen LogP contribution in [0.5, 0.6) is 0 Å². The summed E-state index contributed by atoms with van der Waals surface area (Å²) in [5, 5.41) is 0. The number of nitrogens with two attached hydrogens (primary N) is 1. The highest BCUT2D eigenvalue weighted by atomic mass is 14.8. The van der Waals surface area contributed by atoms with E-state index in [9.17, 15) is 0 Å². The minimum absolute atomic E-state index is 0.0379. The molecule has 0 spiro atoms. The Bertz CT molecular complexity index is 390. The Kier molecular flexibility index (Phi) is 3.82. The van der Waals surface area contributed by atoms with Gasteiger partial charge in [0.15, 0.2) is 0 Å². The topological polar surface area (TPSA) is 26.0 Å². The standard InChI is InChI=1S/C17H27N/c1-5-6-7-16-13(3)10-17(18)9-12(2)8-15(11-17)14(16)4/h5-7,12-13,15H,4,8-11,18H2,1-3H3/b6-5-,16-7-. The van der Waals surface area contributed by atoms with Gasteiger partial charge in [-0.05, 0) is 61.5 Å². The van der Waals surface area contributed by atoms with Gasteiger partial charge in [0.2, 0.25) is 0 Å². The van der Waals surface area contributed by atoms with Crippen LogP contribution in [0.25, 0.3) is 0 Å². The number of hydrogen-bond donors (Lipinski definition) is 1. The first-order valence-corrected chi connectivity index (χ1v) is 7.26. The Morgan fingerprint density at radius 3 is 2.67 bits per heavy atom. The molecule has 2 saturated carbocycles. The van der Waals surface area contributed by atoms with Crippen LogP contribution in [-0.2, 0) is 0 Å². The molecule has 0 aliphatic heterocycles. The van der Waals surface area contributed by atoms with Gasteiger partial charge in [0.25, 0.3) is 0 Å². The molecule has 0 radical (unpaired) electrons. The van der Waals surface area contributed by atoms with Crippen molar-refractivity contribution in [2.45, 2.75) is 52.0 Å². The van der Waals surface area contributed by atoms with Crippen LogP contribution in [0.15, 0.2) is 36.0 Å². The number of rotatable bonds is 1. The molecule has 2 aliphatic carbocycles. The molecule has 2 aliphatic rings. The van der Waals surface area contributed by atoms with E-state index < -0.39 is 0 Å². The Hall–Kier alpha value is -0.820. The molecule has 1 heteroatoms. The number of fused-ring (bicyclic) bond motifs is 2. The summed E-state index contributed by atoms with van der Waals surface area (Å²) in [4.78, 5) is 0. The molecule has 0 aromatic heterocycles. The van der Waals surface area contributed by atoms with E-state index in [-0.39, 0.29) is 5.54 Å². The lowest BCUT2D eigenvalue weighted by molar-refractivity contribution is 0.184. The highest BCUT2D eigenvalue weighted by Crippen LogP contribution is 2.47. The summed E-state index contributed by atoms with van der Waals surface area (Å²) in [5.74, 6) is 1.87. The van der Waals surface area contributed by atoms with Crippen LogP contribution < -0.4 is 5.73 Å². The summed E-state index contributed by atoms with van der Waals surface area (Å²) in [6.07, 6.45) is 11.2. The first-order chi connectivity index (χ1) is 8.45. The van der Waals surface area contributed by atoms with Gasteiger partial charge in [-0.25, -0.2) is 0 Å². The van der Waals surface area contributed by atoms with E-state index in [0.717, 1.165) is 18.8 Å². The quantitative estimate of drug-likeness (QED) is 0.735. The smallest absolute Gasteiger partial charge is 0.0168 e. The molecule has 18 heavy (non-hydrogen) atoms. The minimum atomic E-state index is 0.0379. The van der Waals surface area contributed by atoms with Gasteiger partial charge in [0.1, 0.15) is 0 Å². The highest BCUT2D eigenvalue weighted by Gasteiger charge is 2.42. The van der Waals surface area contributed by atoms with Gasteiger partial charge in [-0.15, -0.1) is 0 Å². The van der Waals surface area contributed by atoms with E-state index >= 15 is 0 Å². The lowest BCUT2D eigenvalue weighted by Crippen LogP contribution is -2.46. The molecule has 2 N–H and O–H groups in total. The zero-order valence-corrected chi connectivity index (χ0v) is 12.1. The van der Waals surface area contributed by atoms with Crippen molar-refractivity contribution >= 4 is 0 Å². The summed E-state index contributed by atoms with van der Waals surface area (Å²) in [6.45, 7) is 11.1. The van der Waals surface area contributed by atoms with Crippen molar-refractivity contribution in [1.82, 2.24) is 0 Å². The van der Waals surface area contributed by atoms with Crippen molar-refractivity contribution in [1.29, 1.82) is 0 Å². The maximum Gasteiger partial charge on any atom is 0.0168 e. The normalized spacial score (nSPS) is 43.4. The maximum atomic E-state index is 6.65. The molecule has 0 aromatic rings. The average Bonchev–Trinajstić information content (AvgIpc) is 2.32.